The van der Waals surface area contributed by atoms with E-state index in [-0.39, 0.29) is 5.91 Å². The molecule has 1 saturated heterocycles. The molecule has 2 aromatic carbocycles. The summed E-state index contributed by atoms with van der Waals surface area (Å²) in [5, 5.41) is 5.52. The molecule has 1 fully saturated rings. The zero-order chi connectivity index (χ0) is 18.8. The Morgan fingerprint density at radius 3 is 2.41 bits per heavy atom. The Bertz CT molecular complexity index is 952. The summed E-state index contributed by atoms with van der Waals surface area (Å²) in [6.07, 6.45) is 0. The zero-order valence-corrected chi connectivity index (χ0v) is 16.6. The van der Waals surface area contributed by atoms with Crippen LogP contribution in [0.4, 0.5) is 5.69 Å². The van der Waals surface area contributed by atoms with Gasteiger partial charge in [-0.1, -0.05) is 45.9 Å². The second kappa shape index (κ2) is 7.84. The molecule has 1 amide bonds. The van der Waals surface area contributed by atoms with E-state index in [1.165, 1.54) is 0 Å². The van der Waals surface area contributed by atoms with Crippen molar-refractivity contribution in [3.8, 4) is 11.3 Å². The van der Waals surface area contributed by atoms with Crippen LogP contribution in [0.25, 0.3) is 11.3 Å². The third-order valence-electron chi connectivity index (χ3n) is 4.54. The first-order valence-corrected chi connectivity index (χ1v) is 10.0. The molecule has 0 spiro atoms. The second-order valence-corrected chi connectivity index (χ2v) is 7.84. The van der Waals surface area contributed by atoms with E-state index < -0.39 is 0 Å². The van der Waals surface area contributed by atoms with E-state index in [1.807, 2.05) is 41.3 Å². The average Bonchev–Trinajstić information content (AvgIpc) is 3.18. The van der Waals surface area contributed by atoms with Crippen LogP contribution < -0.4 is 4.90 Å². The van der Waals surface area contributed by atoms with Gasteiger partial charge in [0.2, 0.25) is 0 Å². The Balaban J connectivity index is 1.47. The minimum absolute atomic E-state index is 0.0271. The number of hydrogen-bond acceptors (Lipinski definition) is 5. The number of anilines is 1. The van der Waals surface area contributed by atoms with Crippen molar-refractivity contribution < 1.29 is 4.79 Å². The maximum Gasteiger partial charge on any atom is 0.268 e. The summed E-state index contributed by atoms with van der Waals surface area (Å²) < 4.78 is 4.00. The molecule has 5 nitrogen and oxygen atoms in total. The molecule has 1 aliphatic heterocycles. The quantitative estimate of drug-likeness (QED) is 0.629. The lowest BCUT2D eigenvalue weighted by molar-refractivity contribution is 0.0752. The third-order valence-corrected chi connectivity index (χ3v) is 5.74. The van der Waals surface area contributed by atoms with Crippen LogP contribution in [0.15, 0.2) is 48.5 Å². The van der Waals surface area contributed by atoms with Gasteiger partial charge in [0.25, 0.3) is 5.91 Å². The molecule has 27 heavy (non-hydrogen) atoms. The number of benzene rings is 2. The molecule has 0 bridgehead atoms. The van der Waals surface area contributed by atoms with Crippen molar-refractivity contribution in [1.82, 2.24) is 14.5 Å². The molecule has 8 heteroatoms. The number of hydrogen-bond donors (Lipinski definition) is 0. The van der Waals surface area contributed by atoms with E-state index in [0.29, 0.717) is 33.7 Å². The lowest BCUT2D eigenvalue weighted by Gasteiger charge is -2.36. The standard InChI is InChI=1S/C19H16Cl2N4OS/c20-14-6-4-13(5-7-14)17-18(27-23-22-17)19(26)25-10-8-24(9-11-25)16-3-1-2-15(21)12-16/h1-7,12H,8-11H2. The molecule has 0 N–H and O–H groups in total. The van der Waals surface area contributed by atoms with Crippen molar-refractivity contribution >= 4 is 46.3 Å². The first kappa shape index (κ1) is 18.2. The van der Waals surface area contributed by atoms with Crippen molar-refractivity contribution in [3.63, 3.8) is 0 Å². The Morgan fingerprint density at radius 2 is 1.70 bits per heavy atom. The van der Waals surface area contributed by atoms with Crippen LogP contribution in [0.3, 0.4) is 0 Å². The highest BCUT2D eigenvalue weighted by molar-refractivity contribution is 7.08. The van der Waals surface area contributed by atoms with Crippen molar-refractivity contribution in [3.05, 3.63) is 63.5 Å². The van der Waals surface area contributed by atoms with Gasteiger partial charge in [0.15, 0.2) is 0 Å². The van der Waals surface area contributed by atoms with E-state index in [1.54, 1.807) is 12.1 Å². The van der Waals surface area contributed by atoms with Gasteiger partial charge in [-0.15, -0.1) is 5.10 Å². The Morgan fingerprint density at radius 1 is 0.963 bits per heavy atom. The van der Waals surface area contributed by atoms with E-state index in [0.717, 1.165) is 35.9 Å². The summed E-state index contributed by atoms with van der Waals surface area (Å²) in [5.74, 6) is -0.0271. The van der Waals surface area contributed by atoms with E-state index in [9.17, 15) is 4.79 Å². The van der Waals surface area contributed by atoms with Crippen molar-refractivity contribution in [2.24, 2.45) is 0 Å². The van der Waals surface area contributed by atoms with Crippen LogP contribution in [0.5, 0.6) is 0 Å². The second-order valence-electron chi connectivity index (χ2n) is 6.22. The van der Waals surface area contributed by atoms with Gasteiger partial charge in [0, 0.05) is 47.5 Å². The summed E-state index contributed by atoms with van der Waals surface area (Å²) in [7, 11) is 0. The fourth-order valence-electron chi connectivity index (χ4n) is 3.11. The molecular weight excluding hydrogens is 403 g/mol. The molecular formula is C19H16Cl2N4OS. The van der Waals surface area contributed by atoms with Gasteiger partial charge in [-0.25, -0.2) is 0 Å². The highest BCUT2D eigenvalue weighted by Gasteiger charge is 2.26. The normalized spacial score (nSPS) is 14.4. The maximum absolute atomic E-state index is 13.0. The molecule has 1 aliphatic rings. The highest BCUT2D eigenvalue weighted by Crippen LogP contribution is 2.27. The van der Waals surface area contributed by atoms with Crippen molar-refractivity contribution in [1.29, 1.82) is 0 Å². The monoisotopic (exact) mass is 418 g/mol. The number of amides is 1. The van der Waals surface area contributed by atoms with Crippen molar-refractivity contribution in [2.75, 3.05) is 31.1 Å². The molecule has 4 rings (SSSR count). The van der Waals surface area contributed by atoms with Crippen molar-refractivity contribution in [2.45, 2.75) is 0 Å². The van der Waals surface area contributed by atoms with Gasteiger partial charge in [0.05, 0.1) is 0 Å². The number of carbonyl (C=O) groups is 1. The van der Waals surface area contributed by atoms with Crippen LogP contribution >= 0.6 is 34.7 Å². The molecule has 0 radical (unpaired) electrons. The zero-order valence-electron chi connectivity index (χ0n) is 14.3. The molecule has 138 valence electrons. The first-order chi connectivity index (χ1) is 13.1. The van der Waals surface area contributed by atoms with Crippen LogP contribution in [0, 0.1) is 0 Å². The SMILES string of the molecule is O=C(c1snnc1-c1ccc(Cl)cc1)N1CCN(c2cccc(Cl)c2)CC1. The maximum atomic E-state index is 13.0. The summed E-state index contributed by atoms with van der Waals surface area (Å²) in [5.41, 5.74) is 2.53. The Labute approximate surface area is 171 Å². The Hall–Kier alpha value is -2.15. The van der Waals surface area contributed by atoms with Gasteiger partial charge in [-0.05, 0) is 41.9 Å². The minimum atomic E-state index is -0.0271. The topological polar surface area (TPSA) is 49.3 Å². The minimum Gasteiger partial charge on any atom is -0.368 e. The number of halogens is 2. The largest absolute Gasteiger partial charge is 0.368 e. The van der Waals surface area contributed by atoms with Crippen LogP contribution in [0.1, 0.15) is 9.67 Å². The summed E-state index contributed by atoms with van der Waals surface area (Å²) in [4.78, 5) is 17.7. The number of carbonyl (C=O) groups excluding carboxylic acids is 1. The number of rotatable bonds is 3. The van der Waals surface area contributed by atoms with E-state index in [4.69, 9.17) is 23.2 Å². The molecule has 0 aliphatic carbocycles. The Kier molecular flexibility index (Phi) is 5.29. The summed E-state index contributed by atoms with van der Waals surface area (Å²) in [6.45, 7) is 2.80. The molecule has 2 heterocycles. The van der Waals surface area contributed by atoms with Gasteiger partial charge < -0.3 is 9.80 Å². The lowest BCUT2D eigenvalue weighted by atomic mass is 10.1. The molecule has 0 atom stereocenters. The number of nitrogens with zero attached hydrogens (tertiary/aromatic N) is 4. The highest BCUT2D eigenvalue weighted by atomic mass is 35.5. The van der Waals surface area contributed by atoms with Gasteiger partial charge in [0.1, 0.15) is 10.6 Å². The van der Waals surface area contributed by atoms with E-state index >= 15 is 0 Å². The number of aromatic nitrogens is 2. The third kappa shape index (κ3) is 3.93. The average molecular weight is 419 g/mol. The molecule has 0 saturated carbocycles. The van der Waals surface area contributed by atoms with Crippen LogP contribution in [-0.2, 0) is 0 Å². The predicted octanol–water partition coefficient (Wildman–Crippen LogP) is 4.47. The predicted molar refractivity (Wildman–Crippen MR) is 110 cm³/mol. The molecule has 3 aromatic rings. The van der Waals surface area contributed by atoms with E-state index in [2.05, 4.69) is 14.5 Å². The van der Waals surface area contributed by atoms with Gasteiger partial charge in [-0.3, -0.25) is 4.79 Å². The van der Waals surface area contributed by atoms with Crippen LogP contribution in [0.2, 0.25) is 10.0 Å². The smallest absolute Gasteiger partial charge is 0.268 e. The fraction of sp³-hybridized carbons (Fsp3) is 0.211. The number of piperazine rings is 1. The molecule has 0 unspecified atom stereocenters. The van der Waals surface area contributed by atoms with Crippen LogP contribution in [-0.4, -0.2) is 46.6 Å². The van der Waals surface area contributed by atoms with Gasteiger partial charge >= 0.3 is 0 Å². The lowest BCUT2D eigenvalue weighted by Crippen LogP contribution is -2.48. The summed E-state index contributed by atoms with van der Waals surface area (Å²) in [6, 6.07) is 15.1. The van der Waals surface area contributed by atoms with Gasteiger partial charge in [-0.2, -0.15) is 0 Å². The first-order valence-electron chi connectivity index (χ1n) is 8.50. The fourth-order valence-corrected chi connectivity index (χ4v) is 4.08. The molecule has 1 aromatic heterocycles. The summed E-state index contributed by atoms with van der Waals surface area (Å²) >= 11 is 13.2.